The number of fused-ring (bicyclic) bond motifs is 3. The fourth-order valence-corrected chi connectivity index (χ4v) is 3.83. The molecule has 0 saturated carbocycles. The molecule has 3 rings (SSSR count). The van der Waals surface area contributed by atoms with Crippen molar-refractivity contribution in [2.45, 2.75) is 51.4 Å². The zero-order valence-electron chi connectivity index (χ0n) is 13.7. The predicted molar refractivity (Wildman–Crippen MR) is 95.9 cm³/mol. The predicted octanol–water partition coefficient (Wildman–Crippen LogP) is 5.11. The van der Waals surface area contributed by atoms with Gasteiger partial charge in [0.25, 0.3) is 0 Å². The van der Waals surface area contributed by atoms with Crippen LogP contribution in [0.1, 0.15) is 57.1 Å². The molecule has 0 bridgehead atoms. The summed E-state index contributed by atoms with van der Waals surface area (Å²) in [5, 5.41) is 0. The molecule has 1 aliphatic rings. The van der Waals surface area contributed by atoms with E-state index in [1.165, 1.54) is 47.9 Å². The number of hydrogen-bond donors (Lipinski definition) is 2. The van der Waals surface area contributed by atoms with Gasteiger partial charge >= 0.3 is 0 Å². The number of hydrogen-bond acceptors (Lipinski definition) is 2. The summed E-state index contributed by atoms with van der Waals surface area (Å²) in [7, 11) is 0. The van der Waals surface area contributed by atoms with Gasteiger partial charge in [0.15, 0.2) is 0 Å². The van der Waals surface area contributed by atoms with Crippen molar-refractivity contribution in [3.8, 4) is 11.1 Å². The van der Waals surface area contributed by atoms with E-state index in [2.05, 4.69) is 38.1 Å². The molecule has 2 aromatic rings. The third-order valence-corrected chi connectivity index (χ3v) is 5.10. The second kappa shape index (κ2) is 5.68. The number of nitrogen functional groups attached to an aromatic ring is 2. The molecule has 0 radical (unpaired) electrons. The number of anilines is 2. The zero-order chi connectivity index (χ0) is 15.7. The highest BCUT2D eigenvalue weighted by atomic mass is 14.6. The molecule has 0 heterocycles. The lowest BCUT2D eigenvalue weighted by Crippen LogP contribution is -2.21. The van der Waals surface area contributed by atoms with Crippen molar-refractivity contribution in [1.29, 1.82) is 0 Å². The molecule has 2 nitrogen and oxygen atoms in total. The Labute approximate surface area is 133 Å². The minimum atomic E-state index is 0.0309. The van der Waals surface area contributed by atoms with E-state index in [-0.39, 0.29) is 5.41 Å². The summed E-state index contributed by atoms with van der Waals surface area (Å²) in [6.07, 6.45) is 6.27. The molecule has 0 saturated heterocycles. The molecule has 22 heavy (non-hydrogen) atoms. The van der Waals surface area contributed by atoms with Gasteiger partial charge in [-0.3, -0.25) is 0 Å². The summed E-state index contributed by atoms with van der Waals surface area (Å²) >= 11 is 0. The van der Waals surface area contributed by atoms with Gasteiger partial charge in [-0.1, -0.05) is 51.7 Å². The third kappa shape index (κ3) is 2.37. The monoisotopic (exact) mass is 294 g/mol. The van der Waals surface area contributed by atoms with Crippen LogP contribution in [0.3, 0.4) is 0 Å². The van der Waals surface area contributed by atoms with Gasteiger partial charge in [-0.25, -0.2) is 0 Å². The Morgan fingerprint density at radius 3 is 1.86 bits per heavy atom. The fraction of sp³-hybridized carbons (Fsp3) is 0.400. The van der Waals surface area contributed by atoms with E-state index >= 15 is 0 Å². The lowest BCUT2D eigenvalue weighted by Gasteiger charge is -2.28. The van der Waals surface area contributed by atoms with Gasteiger partial charge in [0, 0.05) is 16.8 Å². The smallest absolute Gasteiger partial charge is 0.0317 e. The zero-order valence-corrected chi connectivity index (χ0v) is 13.7. The summed E-state index contributed by atoms with van der Waals surface area (Å²) in [5.41, 5.74) is 19.2. The second-order valence-electron chi connectivity index (χ2n) is 6.75. The molecule has 0 fully saturated rings. The molecular formula is C20H26N2. The maximum atomic E-state index is 6.07. The van der Waals surface area contributed by atoms with E-state index in [1.54, 1.807) is 0 Å². The molecule has 0 atom stereocenters. The standard InChI is InChI=1S/C20H26N2/c1-3-4-5-6-11-20(2)18-12-14(21)7-9-16(18)17-10-8-15(22)13-19(17)20/h7-10,12-13H,3-6,11,21-22H2,1-2H3. The first-order chi connectivity index (χ1) is 10.6. The summed E-state index contributed by atoms with van der Waals surface area (Å²) in [5.74, 6) is 0. The van der Waals surface area contributed by atoms with Crippen LogP contribution >= 0.6 is 0 Å². The van der Waals surface area contributed by atoms with Crippen LogP contribution in [0.25, 0.3) is 11.1 Å². The Morgan fingerprint density at radius 1 is 0.818 bits per heavy atom. The van der Waals surface area contributed by atoms with Gasteiger partial charge in [0.1, 0.15) is 0 Å². The minimum Gasteiger partial charge on any atom is -0.399 e. The molecule has 0 amide bonds. The van der Waals surface area contributed by atoms with Crippen molar-refractivity contribution in [2.75, 3.05) is 11.5 Å². The molecule has 0 aliphatic heterocycles. The average molecular weight is 294 g/mol. The van der Waals surface area contributed by atoms with Crippen molar-refractivity contribution < 1.29 is 0 Å². The van der Waals surface area contributed by atoms with Crippen molar-refractivity contribution in [3.05, 3.63) is 47.5 Å². The molecule has 0 unspecified atom stereocenters. The van der Waals surface area contributed by atoms with Crippen LogP contribution < -0.4 is 11.5 Å². The van der Waals surface area contributed by atoms with Crippen molar-refractivity contribution in [1.82, 2.24) is 0 Å². The quantitative estimate of drug-likeness (QED) is 0.595. The van der Waals surface area contributed by atoms with Crippen LogP contribution in [0.2, 0.25) is 0 Å². The summed E-state index contributed by atoms with van der Waals surface area (Å²) in [6.45, 7) is 4.60. The SMILES string of the molecule is CCCCCCC1(C)c2cc(N)ccc2-c2ccc(N)cc21. The van der Waals surface area contributed by atoms with Crippen LogP contribution in [0.15, 0.2) is 36.4 Å². The normalized spacial score (nSPS) is 14.6. The minimum absolute atomic E-state index is 0.0309. The maximum absolute atomic E-state index is 6.07. The first-order valence-corrected chi connectivity index (χ1v) is 8.36. The molecular weight excluding hydrogens is 268 g/mol. The maximum Gasteiger partial charge on any atom is 0.0317 e. The lowest BCUT2D eigenvalue weighted by molar-refractivity contribution is 0.487. The third-order valence-electron chi connectivity index (χ3n) is 5.10. The molecule has 116 valence electrons. The first-order valence-electron chi connectivity index (χ1n) is 8.36. The molecule has 0 spiro atoms. The average Bonchev–Trinajstić information content (AvgIpc) is 2.73. The Morgan fingerprint density at radius 2 is 1.36 bits per heavy atom. The Hall–Kier alpha value is -1.96. The van der Waals surface area contributed by atoms with E-state index < -0.39 is 0 Å². The van der Waals surface area contributed by atoms with Gasteiger partial charge in [-0.2, -0.15) is 0 Å². The Balaban J connectivity index is 2.05. The largest absolute Gasteiger partial charge is 0.399 e. The van der Waals surface area contributed by atoms with E-state index in [0.717, 1.165) is 17.8 Å². The summed E-state index contributed by atoms with van der Waals surface area (Å²) in [4.78, 5) is 0. The van der Waals surface area contributed by atoms with Crippen molar-refractivity contribution >= 4 is 11.4 Å². The lowest BCUT2D eigenvalue weighted by atomic mass is 9.76. The van der Waals surface area contributed by atoms with Crippen LogP contribution in [0.5, 0.6) is 0 Å². The number of benzene rings is 2. The van der Waals surface area contributed by atoms with Crippen LogP contribution in [0, 0.1) is 0 Å². The second-order valence-corrected chi connectivity index (χ2v) is 6.75. The van der Waals surface area contributed by atoms with E-state index in [4.69, 9.17) is 11.5 Å². The van der Waals surface area contributed by atoms with Gasteiger partial charge in [-0.05, 0) is 52.9 Å². The first kappa shape index (κ1) is 15.0. The molecule has 2 aromatic carbocycles. The van der Waals surface area contributed by atoms with Crippen molar-refractivity contribution in [2.24, 2.45) is 0 Å². The molecule has 0 aromatic heterocycles. The van der Waals surface area contributed by atoms with Crippen LogP contribution in [0.4, 0.5) is 11.4 Å². The number of unbranched alkanes of at least 4 members (excludes halogenated alkanes) is 3. The van der Waals surface area contributed by atoms with Gasteiger partial charge in [0.2, 0.25) is 0 Å². The Kier molecular flexibility index (Phi) is 3.86. The highest BCUT2D eigenvalue weighted by Crippen LogP contribution is 2.52. The summed E-state index contributed by atoms with van der Waals surface area (Å²) < 4.78 is 0. The summed E-state index contributed by atoms with van der Waals surface area (Å²) in [6, 6.07) is 12.6. The molecule has 4 N–H and O–H groups in total. The van der Waals surface area contributed by atoms with Crippen LogP contribution in [-0.4, -0.2) is 0 Å². The van der Waals surface area contributed by atoms with Gasteiger partial charge in [0.05, 0.1) is 0 Å². The molecule has 1 aliphatic carbocycles. The highest BCUT2D eigenvalue weighted by molar-refractivity contribution is 5.83. The number of rotatable bonds is 5. The van der Waals surface area contributed by atoms with Crippen molar-refractivity contribution in [3.63, 3.8) is 0 Å². The highest BCUT2D eigenvalue weighted by Gasteiger charge is 2.38. The van der Waals surface area contributed by atoms with E-state index in [0.29, 0.717) is 0 Å². The number of nitrogens with two attached hydrogens (primary N) is 2. The molecule has 2 heteroatoms. The van der Waals surface area contributed by atoms with E-state index in [1.807, 2.05) is 12.1 Å². The van der Waals surface area contributed by atoms with Gasteiger partial charge in [-0.15, -0.1) is 0 Å². The Bertz CT molecular complexity index is 637. The topological polar surface area (TPSA) is 52.0 Å². The van der Waals surface area contributed by atoms with Crippen LogP contribution in [-0.2, 0) is 5.41 Å². The fourth-order valence-electron chi connectivity index (χ4n) is 3.83. The van der Waals surface area contributed by atoms with E-state index in [9.17, 15) is 0 Å². The van der Waals surface area contributed by atoms with Gasteiger partial charge < -0.3 is 11.5 Å².